The number of ether oxygens (including phenoxy) is 1. The highest BCUT2D eigenvalue weighted by atomic mass is 19.1. The fraction of sp³-hybridized carbons (Fsp3) is 0.467. The summed E-state index contributed by atoms with van der Waals surface area (Å²) in [5, 5.41) is 2.87. The van der Waals surface area contributed by atoms with Crippen molar-refractivity contribution in [2.75, 3.05) is 26.8 Å². The fourth-order valence-electron chi connectivity index (χ4n) is 2.43. The first-order chi connectivity index (χ1) is 10.1. The van der Waals surface area contributed by atoms with Gasteiger partial charge in [-0.2, -0.15) is 0 Å². The van der Waals surface area contributed by atoms with E-state index in [4.69, 9.17) is 4.74 Å². The Morgan fingerprint density at radius 1 is 1.38 bits per heavy atom. The van der Waals surface area contributed by atoms with Gasteiger partial charge in [0.25, 0.3) is 5.91 Å². The predicted molar refractivity (Wildman–Crippen MR) is 75.3 cm³/mol. The molecule has 5 nitrogen and oxygen atoms in total. The second-order valence-corrected chi connectivity index (χ2v) is 5.08. The normalized spacial score (nSPS) is 15.8. The number of benzene rings is 1. The Labute approximate surface area is 123 Å². The number of hydrogen-bond donors (Lipinski definition) is 1. The molecular weight excluding hydrogens is 275 g/mol. The van der Waals surface area contributed by atoms with Gasteiger partial charge in [0.15, 0.2) is 0 Å². The molecule has 0 unspecified atom stereocenters. The van der Waals surface area contributed by atoms with E-state index in [1.807, 2.05) is 0 Å². The molecule has 0 saturated carbocycles. The van der Waals surface area contributed by atoms with Crippen LogP contribution in [0.25, 0.3) is 0 Å². The Morgan fingerprint density at radius 3 is 2.71 bits per heavy atom. The van der Waals surface area contributed by atoms with Gasteiger partial charge in [-0.25, -0.2) is 4.39 Å². The van der Waals surface area contributed by atoms with E-state index >= 15 is 0 Å². The second-order valence-electron chi connectivity index (χ2n) is 5.08. The minimum atomic E-state index is -0.414. The molecule has 6 heteroatoms. The van der Waals surface area contributed by atoms with Gasteiger partial charge < -0.3 is 15.0 Å². The minimum absolute atomic E-state index is 0.0441. The number of amides is 2. The van der Waals surface area contributed by atoms with E-state index in [1.54, 1.807) is 11.0 Å². The lowest BCUT2D eigenvalue weighted by atomic mass is 10.0. The summed E-state index contributed by atoms with van der Waals surface area (Å²) in [7, 11) is 1.47. The average Bonchev–Trinajstić information content (AvgIpc) is 2.47. The van der Waals surface area contributed by atoms with Gasteiger partial charge in [-0.1, -0.05) is 6.07 Å². The zero-order valence-corrected chi connectivity index (χ0v) is 12.0. The van der Waals surface area contributed by atoms with Crippen molar-refractivity contribution in [3.63, 3.8) is 0 Å². The highest BCUT2D eigenvalue weighted by molar-refractivity contribution is 5.94. The number of rotatable bonds is 4. The van der Waals surface area contributed by atoms with E-state index < -0.39 is 5.82 Å². The third kappa shape index (κ3) is 4.26. The third-order valence-corrected chi connectivity index (χ3v) is 3.49. The molecule has 0 aliphatic carbocycles. The van der Waals surface area contributed by atoms with Gasteiger partial charge in [0.2, 0.25) is 5.91 Å². The predicted octanol–water partition coefficient (Wildman–Crippen LogP) is 1.19. The lowest BCUT2D eigenvalue weighted by Crippen LogP contribution is -2.47. The van der Waals surface area contributed by atoms with Gasteiger partial charge in [0.05, 0.1) is 0 Å². The highest BCUT2D eigenvalue weighted by Gasteiger charge is 2.24. The number of hydrogen-bond acceptors (Lipinski definition) is 3. The number of halogens is 1. The number of piperidine rings is 1. The molecular formula is C15H19FN2O3. The van der Waals surface area contributed by atoms with Crippen LogP contribution in [0.4, 0.5) is 4.39 Å². The molecule has 0 aromatic heterocycles. The standard InChI is InChI=1S/C15H19FN2O3/c1-21-10-14(19)17-13-5-7-18(8-6-13)15(20)11-3-2-4-12(16)9-11/h2-4,9,13H,5-8,10H2,1H3,(H,17,19). The number of likely N-dealkylation sites (tertiary alicyclic amines) is 1. The fourth-order valence-corrected chi connectivity index (χ4v) is 2.43. The molecule has 0 radical (unpaired) electrons. The van der Waals surface area contributed by atoms with Crippen molar-refractivity contribution in [2.45, 2.75) is 18.9 Å². The van der Waals surface area contributed by atoms with Crippen LogP contribution in [0.3, 0.4) is 0 Å². The van der Waals surface area contributed by atoms with E-state index in [2.05, 4.69) is 5.32 Å². The molecule has 1 aliphatic rings. The van der Waals surface area contributed by atoms with Crippen LogP contribution in [-0.4, -0.2) is 49.6 Å². The van der Waals surface area contributed by atoms with Crippen molar-refractivity contribution in [1.29, 1.82) is 0 Å². The Morgan fingerprint density at radius 2 is 2.10 bits per heavy atom. The van der Waals surface area contributed by atoms with Crippen LogP contribution in [0.2, 0.25) is 0 Å². The van der Waals surface area contributed by atoms with Crippen molar-refractivity contribution in [3.8, 4) is 0 Å². The van der Waals surface area contributed by atoms with Gasteiger partial charge in [0.1, 0.15) is 12.4 Å². The monoisotopic (exact) mass is 294 g/mol. The van der Waals surface area contributed by atoms with Gasteiger partial charge in [-0.15, -0.1) is 0 Å². The van der Waals surface area contributed by atoms with Crippen LogP contribution in [0.15, 0.2) is 24.3 Å². The molecule has 21 heavy (non-hydrogen) atoms. The summed E-state index contributed by atoms with van der Waals surface area (Å²) in [4.78, 5) is 25.4. The van der Waals surface area contributed by atoms with Gasteiger partial charge in [-0.3, -0.25) is 9.59 Å². The van der Waals surface area contributed by atoms with Crippen molar-refractivity contribution < 1.29 is 18.7 Å². The summed E-state index contributed by atoms with van der Waals surface area (Å²) >= 11 is 0. The van der Waals surface area contributed by atoms with Crippen LogP contribution in [0, 0.1) is 5.82 Å². The zero-order chi connectivity index (χ0) is 15.2. The first-order valence-electron chi connectivity index (χ1n) is 6.93. The van der Waals surface area contributed by atoms with Gasteiger partial charge in [-0.05, 0) is 31.0 Å². The van der Waals surface area contributed by atoms with Crippen LogP contribution in [-0.2, 0) is 9.53 Å². The summed E-state index contributed by atoms with van der Waals surface area (Å²) in [6, 6.07) is 5.76. The summed E-state index contributed by atoms with van der Waals surface area (Å²) in [6.07, 6.45) is 1.38. The Kier molecular flexibility index (Phi) is 5.27. The molecule has 1 fully saturated rings. The van der Waals surface area contributed by atoms with Crippen molar-refractivity contribution in [1.82, 2.24) is 10.2 Å². The molecule has 1 saturated heterocycles. The first-order valence-corrected chi connectivity index (χ1v) is 6.93. The zero-order valence-electron chi connectivity index (χ0n) is 12.0. The van der Waals surface area contributed by atoms with Crippen LogP contribution in [0.5, 0.6) is 0 Å². The maximum atomic E-state index is 13.1. The van der Waals surface area contributed by atoms with E-state index in [-0.39, 0.29) is 24.5 Å². The third-order valence-electron chi connectivity index (χ3n) is 3.49. The second kappa shape index (κ2) is 7.17. The Bertz CT molecular complexity index is 513. The number of nitrogens with zero attached hydrogens (tertiary/aromatic N) is 1. The van der Waals surface area contributed by atoms with Crippen molar-refractivity contribution >= 4 is 11.8 Å². The molecule has 114 valence electrons. The molecule has 2 amide bonds. The number of nitrogens with one attached hydrogen (secondary N) is 1. The average molecular weight is 294 g/mol. The lowest BCUT2D eigenvalue weighted by Gasteiger charge is -2.32. The smallest absolute Gasteiger partial charge is 0.253 e. The quantitative estimate of drug-likeness (QED) is 0.907. The molecule has 1 aromatic carbocycles. The topological polar surface area (TPSA) is 58.6 Å². The number of carbonyl (C=O) groups is 2. The SMILES string of the molecule is COCC(=O)NC1CCN(C(=O)c2cccc(F)c2)CC1. The van der Waals surface area contributed by atoms with E-state index in [9.17, 15) is 14.0 Å². The molecule has 1 heterocycles. The lowest BCUT2D eigenvalue weighted by molar-refractivity contribution is -0.125. The van der Waals surface area contributed by atoms with E-state index in [0.717, 1.165) is 0 Å². The van der Waals surface area contributed by atoms with Crippen LogP contribution < -0.4 is 5.32 Å². The van der Waals surface area contributed by atoms with Crippen molar-refractivity contribution in [3.05, 3.63) is 35.6 Å². The molecule has 0 bridgehead atoms. The summed E-state index contributed by atoms with van der Waals surface area (Å²) < 4.78 is 17.9. The van der Waals surface area contributed by atoms with E-state index in [0.29, 0.717) is 31.5 Å². The Hall–Kier alpha value is -1.95. The number of carbonyl (C=O) groups excluding carboxylic acids is 2. The molecule has 0 spiro atoms. The molecule has 2 rings (SSSR count). The maximum absolute atomic E-state index is 13.1. The summed E-state index contributed by atoms with van der Waals surface area (Å²) in [6.45, 7) is 1.14. The van der Waals surface area contributed by atoms with Crippen LogP contribution in [0.1, 0.15) is 23.2 Å². The van der Waals surface area contributed by atoms with E-state index in [1.165, 1.54) is 25.3 Å². The Balaban J connectivity index is 1.86. The maximum Gasteiger partial charge on any atom is 0.253 e. The molecule has 1 aliphatic heterocycles. The van der Waals surface area contributed by atoms with Gasteiger partial charge >= 0.3 is 0 Å². The summed E-state index contributed by atoms with van der Waals surface area (Å²) in [5.41, 5.74) is 0.358. The first kappa shape index (κ1) is 15.4. The van der Waals surface area contributed by atoms with Gasteiger partial charge in [0, 0.05) is 31.8 Å². The number of methoxy groups -OCH3 is 1. The molecule has 0 atom stereocenters. The minimum Gasteiger partial charge on any atom is -0.375 e. The highest BCUT2D eigenvalue weighted by Crippen LogP contribution is 2.14. The van der Waals surface area contributed by atoms with Crippen LogP contribution >= 0.6 is 0 Å². The molecule has 1 aromatic rings. The van der Waals surface area contributed by atoms with Crippen molar-refractivity contribution in [2.24, 2.45) is 0 Å². The summed E-state index contributed by atoms with van der Waals surface area (Å²) in [5.74, 6) is -0.730. The largest absolute Gasteiger partial charge is 0.375 e. The molecule has 1 N–H and O–H groups in total.